The molecule has 2 N–H and O–H groups in total. The number of ketones is 1. The van der Waals surface area contributed by atoms with Gasteiger partial charge in [-0.05, 0) is 25.1 Å². The minimum Gasteiger partial charge on any atom is -0.478 e. The zero-order valence-corrected chi connectivity index (χ0v) is 10.5. The first-order valence-electron chi connectivity index (χ1n) is 5.42. The molecule has 0 fully saturated rings. The van der Waals surface area contributed by atoms with E-state index in [1.165, 1.54) is 6.92 Å². The van der Waals surface area contributed by atoms with E-state index in [9.17, 15) is 14.4 Å². The third kappa shape index (κ3) is 4.03. The molecule has 0 saturated carbocycles. The maximum atomic E-state index is 10.9. The fraction of sp³-hybridized carbons (Fsp3) is 0.154. The summed E-state index contributed by atoms with van der Waals surface area (Å²) in [4.78, 5) is 36.5. The van der Waals surface area contributed by atoms with Crippen molar-refractivity contribution >= 4 is 29.1 Å². The average Bonchev–Trinajstić information content (AvgIpc) is 2.36. The quantitative estimate of drug-likeness (QED) is 0.785. The van der Waals surface area contributed by atoms with Gasteiger partial charge in [-0.3, -0.25) is 4.79 Å². The Morgan fingerprint density at radius 3 is 2.00 bits per heavy atom. The average molecular weight is 274 g/mol. The molecule has 0 aromatic heterocycles. The summed E-state index contributed by atoms with van der Waals surface area (Å²) in [6, 6.07) is 4.96. The lowest BCUT2D eigenvalue weighted by Gasteiger charge is -2.02. The van der Waals surface area contributed by atoms with E-state index in [2.05, 4.69) is 4.99 Å². The molecule has 1 rings (SSSR count). The highest BCUT2D eigenvalue weighted by molar-refractivity contribution is 6.10. The molecular weight excluding hydrogens is 264 g/mol. The highest BCUT2D eigenvalue weighted by Gasteiger charge is 2.12. The van der Waals surface area contributed by atoms with Gasteiger partial charge in [-0.15, -0.1) is 0 Å². The first kappa shape index (κ1) is 15.0. The van der Waals surface area contributed by atoms with Crippen LogP contribution in [0.25, 0.3) is 0 Å². The molecule has 1 aromatic carbocycles. The molecule has 0 aliphatic heterocycles. The maximum absolute atomic E-state index is 10.9. The summed E-state index contributed by atoms with van der Waals surface area (Å²) >= 11 is 0. The van der Waals surface area contributed by atoms with Crippen LogP contribution in [0.5, 0.6) is 0 Å². The predicted octanol–water partition coefficient (Wildman–Crippen LogP) is 1.66. The smallest absolute Gasteiger partial charge is 0.335 e. The van der Waals surface area contributed by atoms with Gasteiger partial charge < -0.3 is 10.2 Å². The monoisotopic (exact) mass is 274 g/mol. The van der Waals surface area contributed by atoms with Crippen LogP contribution in [0.15, 0.2) is 23.2 Å². The second-order valence-electron chi connectivity index (χ2n) is 3.93. The molecule has 0 unspecified atom stereocenters. The fourth-order valence-electron chi connectivity index (χ4n) is 1.42. The molecule has 0 amide bonds. The summed E-state index contributed by atoms with van der Waals surface area (Å²) in [7, 11) is 0. The number of hydrogen-bond donors (Lipinski definition) is 2. The van der Waals surface area contributed by atoms with Gasteiger partial charge in [0.1, 0.15) is 17.6 Å². The van der Waals surface area contributed by atoms with Crippen LogP contribution in [0.4, 0.5) is 5.69 Å². The van der Waals surface area contributed by atoms with Crippen LogP contribution in [0.2, 0.25) is 0 Å². The van der Waals surface area contributed by atoms with Gasteiger partial charge in [0, 0.05) is 0 Å². The number of carbonyl (C=O) groups is 3. The van der Waals surface area contributed by atoms with Crippen LogP contribution >= 0.6 is 0 Å². The summed E-state index contributed by atoms with van der Waals surface area (Å²) in [6.45, 7) is 1.28. The van der Waals surface area contributed by atoms with Crippen molar-refractivity contribution < 1.29 is 24.6 Å². The number of nitrogens with zero attached hydrogens (tertiary/aromatic N) is 2. The second kappa shape index (κ2) is 6.24. The molecule has 0 spiro atoms. The van der Waals surface area contributed by atoms with Gasteiger partial charge in [0.15, 0.2) is 0 Å². The number of aromatic carboxylic acids is 2. The van der Waals surface area contributed by atoms with E-state index >= 15 is 0 Å². The van der Waals surface area contributed by atoms with E-state index in [-0.39, 0.29) is 34.7 Å². The van der Waals surface area contributed by atoms with Gasteiger partial charge in [0.05, 0.1) is 23.2 Å². The van der Waals surface area contributed by atoms with Crippen LogP contribution in [-0.2, 0) is 4.79 Å². The van der Waals surface area contributed by atoms with E-state index in [0.29, 0.717) is 0 Å². The van der Waals surface area contributed by atoms with Gasteiger partial charge in [-0.1, -0.05) is 0 Å². The highest BCUT2D eigenvalue weighted by Crippen LogP contribution is 2.19. The Bertz CT molecular complexity index is 623. The molecule has 0 aliphatic carbocycles. The molecule has 0 atom stereocenters. The first-order valence-corrected chi connectivity index (χ1v) is 5.42. The SMILES string of the molecule is CC(=O)CC(C#N)=Nc1cc(C(=O)O)cc(C(=O)O)c1. The zero-order chi connectivity index (χ0) is 15.3. The van der Waals surface area contributed by atoms with Crippen molar-refractivity contribution in [1.29, 1.82) is 5.26 Å². The number of aliphatic imine (C=N–C) groups is 1. The van der Waals surface area contributed by atoms with E-state index in [0.717, 1.165) is 18.2 Å². The number of nitriles is 1. The Morgan fingerprint density at radius 2 is 1.65 bits per heavy atom. The molecule has 7 nitrogen and oxygen atoms in total. The third-order valence-electron chi connectivity index (χ3n) is 2.22. The molecule has 20 heavy (non-hydrogen) atoms. The molecule has 0 aliphatic rings. The van der Waals surface area contributed by atoms with Crippen LogP contribution in [0.3, 0.4) is 0 Å². The minimum absolute atomic E-state index is 0.0000926. The zero-order valence-electron chi connectivity index (χ0n) is 10.5. The largest absolute Gasteiger partial charge is 0.478 e. The van der Waals surface area contributed by atoms with Gasteiger partial charge in [0.25, 0.3) is 0 Å². The number of carboxylic acid groups (broad SMARTS) is 2. The Balaban J connectivity index is 3.33. The number of rotatable bonds is 5. The lowest BCUT2D eigenvalue weighted by atomic mass is 10.1. The maximum Gasteiger partial charge on any atom is 0.335 e. The van der Waals surface area contributed by atoms with E-state index < -0.39 is 11.9 Å². The number of benzene rings is 1. The van der Waals surface area contributed by atoms with Crippen molar-refractivity contribution in [2.45, 2.75) is 13.3 Å². The Morgan fingerprint density at radius 1 is 1.15 bits per heavy atom. The van der Waals surface area contributed by atoms with Crippen LogP contribution in [0, 0.1) is 11.3 Å². The summed E-state index contributed by atoms with van der Waals surface area (Å²) in [5.74, 6) is -2.90. The normalized spacial score (nSPS) is 10.7. The van der Waals surface area contributed by atoms with E-state index in [4.69, 9.17) is 15.5 Å². The van der Waals surface area contributed by atoms with Crippen molar-refractivity contribution in [1.82, 2.24) is 0 Å². The topological polar surface area (TPSA) is 128 Å². The Hall–Kier alpha value is -3.01. The molecular formula is C13H10N2O5. The third-order valence-corrected chi connectivity index (χ3v) is 2.22. The molecule has 7 heteroatoms. The van der Waals surface area contributed by atoms with Crippen LogP contribution in [-0.4, -0.2) is 33.6 Å². The fourth-order valence-corrected chi connectivity index (χ4v) is 1.42. The van der Waals surface area contributed by atoms with Gasteiger partial charge in [0.2, 0.25) is 0 Å². The summed E-state index contributed by atoms with van der Waals surface area (Å²) in [5.41, 5.74) is -0.635. The van der Waals surface area contributed by atoms with Gasteiger partial charge >= 0.3 is 11.9 Å². The molecule has 0 radical (unpaired) electrons. The standard InChI is InChI=1S/C13H10N2O5/c1-7(16)2-11(6-14)15-10-4-8(12(17)18)3-9(5-10)13(19)20/h3-5H,2H2,1H3,(H,17,18)(H,19,20). The van der Waals surface area contributed by atoms with Crippen LogP contribution in [0.1, 0.15) is 34.1 Å². The minimum atomic E-state index is -1.31. The lowest BCUT2D eigenvalue weighted by molar-refractivity contribution is -0.115. The highest BCUT2D eigenvalue weighted by atomic mass is 16.4. The molecule has 0 bridgehead atoms. The van der Waals surface area contributed by atoms with Crippen LogP contribution < -0.4 is 0 Å². The molecule has 102 valence electrons. The molecule has 1 aromatic rings. The summed E-state index contributed by atoms with van der Waals surface area (Å²) in [6.07, 6.45) is -0.198. The van der Waals surface area contributed by atoms with Gasteiger partial charge in [-0.2, -0.15) is 5.26 Å². The lowest BCUT2D eigenvalue weighted by Crippen LogP contribution is -2.04. The Kier molecular flexibility index (Phi) is 4.70. The number of Topliss-reactive ketones (excluding diaryl/α,β-unsaturated/α-hetero) is 1. The predicted molar refractivity (Wildman–Crippen MR) is 68.4 cm³/mol. The van der Waals surface area contributed by atoms with E-state index in [1.807, 2.05) is 0 Å². The second-order valence-corrected chi connectivity index (χ2v) is 3.93. The van der Waals surface area contributed by atoms with Crippen molar-refractivity contribution in [3.63, 3.8) is 0 Å². The first-order chi connectivity index (χ1) is 9.33. The number of carbonyl (C=O) groups excluding carboxylic acids is 1. The number of hydrogen-bond acceptors (Lipinski definition) is 5. The van der Waals surface area contributed by atoms with Gasteiger partial charge in [-0.25, -0.2) is 14.6 Å². The summed E-state index contributed by atoms with van der Waals surface area (Å²) in [5, 5.41) is 26.6. The summed E-state index contributed by atoms with van der Waals surface area (Å²) < 4.78 is 0. The van der Waals surface area contributed by atoms with Crippen molar-refractivity contribution in [2.24, 2.45) is 4.99 Å². The Labute approximate surface area is 113 Å². The van der Waals surface area contributed by atoms with Crippen molar-refractivity contribution in [2.75, 3.05) is 0 Å². The van der Waals surface area contributed by atoms with Crippen molar-refractivity contribution in [3.05, 3.63) is 29.3 Å². The number of carboxylic acids is 2. The molecule has 0 saturated heterocycles. The molecule has 0 heterocycles. The van der Waals surface area contributed by atoms with Crippen molar-refractivity contribution in [3.8, 4) is 6.07 Å². The van der Waals surface area contributed by atoms with E-state index in [1.54, 1.807) is 6.07 Å².